The van der Waals surface area contributed by atoms with Crippen LogP contribution in [0.25, 0.3) is 0 Å². The molecule has 0 aromatic heterocycles. The average Bonchev–Trinajstić information content (AvgIpc) is 2.69. The van der Waals surface area contributed by atoms with Crippen LogP contribution in [0.3, 0.4) is 0 Å². The van der Waals surface area contributed by atoms with Crippen molar-refractivity contribution >= 4 is 11.8 Å². The normalized spacial score (nSPS) is 66.0. The Hall–Kier alpha value is 0.270. The minimum absolute atomic E-state index is 0.488. The molecule has 4 aliphatic rings. The highest BCUT2D eigenvalue weighted by atomic mass is 32.2. The fourth-order valence-electron chi connectivity index (χ4n) is 3.49. The Morgan fingerprint density at radius 1 is 0.833 bits per heavy atom. The van der Waals surface area contributed by atoms with E-state index in [9.17, 15) is 0 Å². The molecule has 3 heteroatoms. The third kappa shape index (κ3) is 0.603. The summed E-state index contributed by atoms with van der Waals surface area (Å²) in [6.07, 6.45) is 1.39. The van der Waals surface area contributed by atoms with Gasteiger partial charge in [0.05, 0.1) is 13.2 Å². The molecule has 0 radical (unpaired) electrons. The standard InChI is InChI=1S/C9H12O2S/c1-4-6-2-10-8(4)12-9-5(1)7(6)3-11-9/h4-9H,1-3H2/t4-,5+,6-,7+,8-,9+. The number of rotatable bonds is 0. The van der Waals surface area contributed by atoms with Crippen molar-refractivity contribution in [1.82, 2.24) is 0 Å². The van der Waals surface area contributed by atoms with E-state index >= 15 is 0 Å². The van der Waals surface area contributed by atoms with Crippen molar-refractivity contribution in [2.45, 2.75) is 17.3 Å². The van der Waals surface area contributed by atoms with E-state index in [0.29, 0.717) is 10.9 Å². The highest BCUT2D eigenvalue weighted by Gasteiger charge is 2.60. The van der Waals surface area contributed by atoms with E-state index in [0.717, 1.165) is 36.9 Å². The molecular formula is C9H12O2S. The van der Waals surface area contributed by atoms with Crippen LogP contribution in [-0.4, -0.2) is 24.1 Å². The van der Waals surface area contributed by atoms with Crippen LogP contribution < -0.4 is 0 Å². The van der Waals surface area contributed by atoms with Crippen LogP contribution >= 0.6 is 11.8 Å². The van der Waals surface area contributed by atoms with Crippen molar-refractivity contribution in [3.05, 3.63) is 0 Å². The molecule has 2 nitrogen and oxygen atoms in total. The summed E-state index contributed by atoms with van der Waals surface area (Å²) in [7, 11) is 0. The summed E-state index contributed by atoms with van der Waals surface area (Å²) in [6.45, 7) is 2.03. The van der Waals surface area contributed by atoms with Gasteiger partial charge in [-0.15, -0.1) is 0 Å². The predicted molar refractivity (Wildman–Crippen MR) is 45.6 cm³/mol. The molecule has 6 atom stereocenters. The third-order valence-corrected chi connectivity index (χ3v) is 5.58. The average molecular weight is 184 g/mol. The van der Waals surface area contributed by atoms with Gasteiger partial charge >= 0.3 is 0 Å². The lowest BCUT2D eigenvalue weighted by molar-refractivity contribution is 0.112. The maximum atomic E-state index is 5.77. The maximum Gasteiger partial charge on any atom is 0.108 e. The summed E-state index contributed by atoms with van der Waals surface area (Å²) in [5.74, 6) is 3.45. The van der Waals surface area contributed by atoms with E-state index in [4.69, 9.17) is 9.47 Å². The van der Waals surface area contributed by atoms with Gasteiger partial charge in [0.1, 0.15) is 10.9 Å². The van der Waals surface area contributed by atoms with E-state index in [2.05, 4.69) is 0 Å². The maximum absolute atomic E-state index is 5.77. The first-order valence-corrected chi connectivity index (χ1v) is 5.76. The number of hydrogen-bond acceptors (Lipinski definition) is 3. The van der Waals surface area contributed by atoms with Crippen molar-refractivity contribution in [3.63, 3.8) is 0 Å². The van der Waals surface area contributed by atoms with Gasteiger partial charge in [-0.25, -0.2) is 0 Å². The Morgan fingerprint density at radius 3 is 2.00 bits per heavy atom. The van der Waals surface area contributed by atoms with Crippen LogP contribution in [0.15, 0.2) is 0 Å². The molecule has 3 heterocycles. The van der Waals surface area contributed by atoms with Gasteiger partial charge in [-0.1, -0.05) is 11.8 Å². The quantitative estimate of drug-likeness (QED) is 0.565. The molecule has 0 spiro atoms. The molecule has 0 aromatic rings. The Bertz CT molecular complexity index is 211. The van der Waals surface area contributed by atoms with Gasteiger partial charge in [-0.05, 0) is 18.3 Å². The Labute approximate surface area is 76.0 Å². The zero-order valence-corrected chi connectivity index (χ0v) is 7.63. The second kappa shape index (κ2) is 2.02. The highest BCUT2D eigenvalue weighted by Crippen LogP contribution is 2.61. The lowest BCUT2D eigenvalue weighted by Crippen LogP contribution is -2.26. The van der Waals surface area contributed by atoms with E-state index in [-0.39, 0.29) is 0 Å². The van der Waals surface area contributed by atoms with Crippen molar-refractivity contribution in [2.75, 3.05) is 13.2 Å². The SMILES string of the molecule is C1O[C@H]2S[C@H]3OC[C@H]4[C@@H]1[C@@H]2C[C@H]43. The molecule has 3 saturated heterocycles. The minimum Gasteiger partial charge on any atom is -0.367 e. The zero-order chi connectivity index (χ0) is 7.71. The number of thioether (sulfide) groups is 1. The van der Waals surface area contributed by atoms with Crippen LogP contribution in [0.4, 0.5) is 0 Å². The van der Waals surface area contributed by atoms with Gasteiger partial charge < -0.3 is 9.47 Å². The molecule has 1 aliphatic carbocycles. The van der Waals surface area contributed by atoms with Gasteiger partial charge in [-0.3, -0.25) is 0 Å². The van der Waals surface area contributed by atoms with Gasteiger partial charge in [0.2, 0.25) is 0 Å². The topological polar surface area (TPSA) is 18.5 Å². The van der Waals surface area contributed by atoms with Gasteiger partial charge in [0.25, 0.3) is 0 Å². The number of hydrogen-bond donors (Lipinski definition) is 0. The summed E-state index contributed by atoms with van der Waals surface area (Å²) in [5, 5.41) is 0. The second-order valence-electron chi connectivity index (χ2n) is 4.43. The largest absolute Gasteiger partial charge is 0.367 e. The van der Waals surface area contributed by atoms with E-state index < -0.39 is 0 Å². The van der Waals surface area contributed by atoms with E-state index in [1.54, 1.807) is 0 Å². The van der Waals surface area contributed by atoms with Crippen molar-refractivity contribution in [1.29, 1.82) is 0 Å². The molecule has 0 N–H and O–H groups in total. The molecule has 4 fully saturated rings. The zero-order valence-electron chi connectivity index (χ0n) is 6.81. The van der Waals surface area contributed by atoms with Crippen LogP contribution in [0, 0.1) is 23.7 Å². The van der Waals surface area contributed by atoms with E-state index in [1.165, 1.54) is 6.42 Å². The Balaban J connectivity index is 1.83. The summed E-state index contributed by atoms with van der Waals surface area (Å²) in [5.41, 5.74) is 0.975. The summed E-state index contributed by atoms with van der Waals surface area (Å²) < 4.78 is 11.5. The molecule has 0 unspecified atom stereocenters. The van der Waals surface area contributed by atoms with Gasteiger partial charge in [0, 0.05) is 11.8 Å². The fourth-order valence-corrected chi connectivity index (χ4v) is 5.10. The summed E-state index contributed by atoms with van der Waals surface area (Å²) >= 11 is 1.95. The van der Waals surface area contributed by atoms with Gasteiger partial charge in [0.15, 0.2) is 0 Å². The number of fused-ring (bicyclic) bond motifs is 1. The lowest BCUT2D eigenvalue weighted by atomic mass is 9.91. The molecule has 1 saturated carbocycles. The smallest absolute Gasteiger partial charge is 0.108 e. The molecular weight excluding hydrogens is 172 g/mol. The Morgan fingerprint density at radius 2 is 1.42 bits per heavy atom. The second-order valence-corrected chi connectivity index (χ2v) is 5.63. The lowest BCUT2D eigenvalue weighted by Gasteiger charge is -2.28. The highest BCUT2D eigenvalue weighted by molar-refractivity contribution is 8.00. The molecule has 66 valence electrons. The monoisotopic (exact) mass is 184 g/mol. The van der Waals surface area contributed by atoms with E-state index in [1.807, 2.05) is 11.8 Å². The van der Waals surface area contributed by atoms with Crippen LogP contribution in [0.2, 0.25) is 0 Å². The molecule has 0 aromatic carbocycles. The van der Waals surface area contributed by atoms with Crippen molar-refractivity contribution < 1.29 is 9.47 Å². The first-order valence-electron chi connectivity index (χ1n) is 4.82. The van der Waals surface area contributed by atoms with Crippen LogP contribution in [0.5, 0.6) is 0 Å². The molecule has 4 rings (SSSR count). The third-order valence-electron chi connectivity index (χ3n) is 4.07. The van der Waals surface area contributed by atoms with Gasteiger partial charge in [-0.2, -0.15) is 0 Å². The van der Waals surface area contributed by atoms with Crippen molar-refractivity contribution in [3.8, 4) is 0 Å². The van der Waals surface area contributed by atoms with Crippen molar-refractivity contribution in [2.24, 2.45) is 23.7 Å². The molecule has 0 amide bonds. The summed E-state index contributed by atoms with van der Waals surface area (Å²) in [4.78, 5) is 0. The first-order chi connectivity index (χ1) is 5.93. The number of ether oxygens (including phenoxy) is 2. The van der Waals surface area contributed by atoms with Crippen LogP contribution in [-0.2, 0) is 9.47 Å². The fraction of sp³-hybridized carbons (Fsp3) is 1.00. The first kappa shape index (κ1) is 6.68. The molecule has 12 heavy (non-hydrogen) atoms. The minimum atomic E-state index is 0.488. The summed E-state index contributed by atoms with van der Waals surface area (Å²) in [6, 6.07) is 0. The van der Waals surface area contributed by atoms with Crippen LogP contribution in [0.1, 0.15) is 6.42 Å². The molecule has 3 aliphatic heterocycles. The predicted octanol–water partition coefficient (Wildman–Crippen LogP) is 1.31. The Kier molecular flexibility index (Phi) is 1.12. The molecule has 2 bridgehead atoms.